The summed E-state index contributed by atoms with van der Waals surface area (Å²) in [4.78, 5) is 17.8. The molecule has 32 heavy (non-hydrogen) atoms. The number of carbonyl (C=O) groups is 1. The molecule has 0 aliphatic heterocycles. The summed E-state index contributed by atoms with van der Waals surface area (Å²) in [6.07, 6.45) is 1.79. The number of aromatic nitrogens is 3. The van der Waals surface area contributed by atoms with Crippen molar-refractivity contribution in [3.8, 4) is 22.7 Å². The Bertz CT molecular complexity index is 1260. The van der Waals surface area contributed by atoms with Gasteiger partial charge in [-0.05, 0) is 56.3 Å². The molecule has 0 aliphatic carbocycles. The molecule has 1 N–H and O–H groups in total. The van der Waals surface area contributed by atoms with E-state index in [1.54, 1.807) is 20.4 Å². The maximum atomic E-state index is 13.0. The predicted molar refractivity (Wildman–Crippen MR) is 125 cm³/mol. The van der Waals surface area contributed by atoms with Crippen LogP contribution in [0, 0.1) is 13.8 Å². The van der Waals surface area contributed by atoms with E-state index in [9.17, 15) is 4.79 Å². The van der Waals surface area contributed by atoms with Crippen LogP contribution >= 0.6 is 0 Å². The zero-order chi connectivity index (χ0) is 22.7. The number of carbonyl (C=O) groups excluding carboxylic acids is 1. The van der Waals surface area contributed by atoms with Crippen LogP contribution in [0.2, 0.25) is 0 Å². The Kier molecular flexibility index (Phi) is 6.18. The average molecular weight is 431 g/mol. The Morgan fingerprint density at radius 1 is 1.06 bits per heavy atom. The quantitative estimate of drug-likeness (QED) is 0.447. The fourth-order valence-corrected chi connectivity index (χ4v) is 3.67. The van der Waals surface area contributed by atoms with Gasteiger partial charge < -0.3 is 14.8 Å². The second kappa shape index (κ2) is 9.20. The van der Waals surface area contributed by atoms with Crippen molar-refractivity contribution in [3.05, 3.63) is 71.5 Å². The fraction of sp³-hybridized carbons (Fsp3) is 0.240. The second-order valence-electron chi connectivity index (χ2n) is 7.58. The molecule has 4 rings (SSSR count). The van der Waals surface area contributed by atoms with Crippen molar-refractivity contribution in [2.24, 2.45) is 0 Å². The highest BCUT2D eigenvalue weighted by Gasteiger charge is 2.17. The number of fused-ring (bicyclic) bond motifs is 1. The van der Waals surface area contributed by atoms with Gasteiger partial charge in [0.2, 0.25) is 0 Å². The van der Waals surface area contributed by atoms with Crippen molar-refractivity contribution < 1.29 is 14.3 Å². The van der Waals surface area contributed by atoms with Crippen LogP contribution in [0.15, 0.2) is 54.7 Å². The first-order valence-corrected chi connectivity index (χ1v) is 10.4. The number of amides is 1. The van der Waals surface area contributed by atoms with Crippen molar-refractivity contribution in [2.75, 3.05) is 27.4 Å². The first-order valence-electron chi connectivity index (χ1n) is 10.4. The number of nitrogens with zero attached hydrogens (tertiary/aromatic N) is 3. The minimum atomic E-state index is -0.151. The number of nitrogens with one attached hydrogen (secondary N) is 1. The third kappa shape index (κ3) is 4.20. The summed E-state index contributed by atoms with van der Waals surface area (Å²) >= 11 is 0. The van der Waals surface area contributed by atoms with Crippen LogP contribution in [0.1, 0.15) is 21.6 Å². The number of hydrogen-bond acceptors (Lipinski definition) is 5. The lowest BCUT2D eigenvalue weighted by Gasteiger charge is -2.11. The van der Waals surface area contributed by atoms with Crippen LogP contribution in [0.25, 0.3) is 27.8 Å². The molecule has 1 amide bonds. The number of hydrogen-bond donors (Lipinski definition) is 1. The van der Waals surface area contributed by atoms with Gasteiger partial charge >= 0.3 is 0 Å². The zero-order valence-electron chi connectivity index (χ0n) is 18.7. The molecule has 0 aliphatic rings. The molecule has 2 aromatic carbocycles. The summed E-state index contributed by atoms with van der Waals surface area (Å²) < 4.78 is 12.2. The van der Waals surface area contributed by atoms with Crippen LogP contribution in [-0.2, 0) is 4.74 Å². The van der Waals surface area contributed by atoms with E-state index in [4.69, 9.17) is 14.5 Å². The normalized spacial score (nSPS) is 11.0. The van der Waals surface area contributed by atoms with Crippen molar-refractivity contribution >= 4 is 16.8 Å². The lowest BCUT2D eigenvalue weighted by Crippen LogP contribution is -2.27. The van der Waals surface area contributed by atoms with Gasteiger partial charge in [0.15, 0.2) is 0 Å². The van der Waals surface area contributed by atoms with Gasteiger partial charge in [0.1, 0.15) is 5.75 Å². The summed E-state index contributed by atoms with van der Waals surface area (Å²) in [6, 6.07) is 15.5. The maximum Gasteiger partial charge on any atom is 0.252 e. The molecule has 4 aromatic rings. The van der Waals surface area contributed by atoms with Gasteiger partial charge in [0, 0.05) is 24.6 Å². The lowest BCUT2D eigenvalue weighted by atomic mass is 10.0. The Hall–Kier alpha value is -3.71. The standard InChI is InChI=1S/C25H26N4O3/c1-16-5-10-23-20(13-16)21(25(30)26-11-12-31-3)14-24(28-23)22-15-27-29(17(22)2)18-6-8-19(32-4)9-7-18/h5-10,13-15H,11-12H2,1-4H3,(H,26,30). The van der Waals surface area contributed by atoms with Gasteiger partial charge in [0.05, 0.1) is 48.1 Å². The Morgan fingerprint density at radius 2 is 1.84 bits per heavy atom. The SMILES string of the molecule is COCCNC(=O)c1cc(-c2cnn(-c3ccc(OC)cc3)c2C)nc2ccc(C)cc12. The number of benzene rings is 2. The molecule has 0 unspecified atom stereocenters. The fourth-order valence-electron chi connectivity index (χ4n) is 3.67. The van der Waals surface area contributed by atoms with Crippen LogP contribution in [0.3, 0.4) is 0 Å². The summed E-state index contributed by atoms with van der Waals surface area (Å²) in [7, 11) is 3.25. The Labute approximate surface area is 187 Å². The molecule has 7 heteroatoms. The van der Waals surface area contributed by atoms with Gasteiger partial charge in [0.25, 0.3) is 5.91 Å². The average Bonchev–Trinajstić information content (AvgIpc) is 3.19. The minimum Gasteiger partial charge on any atom is -0.497 e. The van der Waals surface area contributed by atoms with Crippen molar-refractivity contribution in [1.29, 1.82) is 0 Å². The van der Waals surface area contributed by atoms with Crippen molar-refractivity contribution in [3.63, 3.8) is 0 Å². The largest absolute Gasteiger partial charge is 0.497 e. The van der Waals surface area contributed by atoms with Crippen molar-refractivity contribution in [2.45, 2.75) is 13.8 Å². The molecule has 2 aromatic heterocycles. The first kappa shape index (κ1) is 21.5. The summed E-state index contributed by atoms with van der Waals surface area (Å²) in [5, 5.41) is 8.31. The van der Waals surface area contributed by atoms with E-state index in [0.717, 1.165) is 39.2 Å². The van der Waals surface area contributed by atoms with Gasteiger partial charge in [-0.15, -0.1) is 0 Å². The topological polar surface area (TPSA) is 78.3 Å². The van der Waals surface area contributed by atoms with Gasteiger partial charge in [-0.3, -0.25) is 4.79 Å². The molecule has 0 saturated heterocycles. The monoisotopic (exact) mass is 430 g/mol. The van der Waals surface area contributed by atoms with E-state index in [0.29, 0.717) is 24.4 Å². The van der Waals surface area contributed by atoms with Gasteiger partial charge in [-0.25, -0.2) is 9.67 Å². The molecule has 0 fully saturated rings. The first-order chi connectivity index (χ1) is 15.5. The third-order valence-electron chi connectivity index (χ3n) is 5.40. The number of ether oxygens (including phenoxy) is 2. The van der Waals surface area contributed by atoms with Crippen LogP contribution in [0.5, 0.6) is 5.75 Å². The van der Waals surface area contributed by atoms with Gasteiger partial charge in [-0.2, -0.15) is 5.10 Å². The summed E-state index contributed by atoms with van der Waals surface area (Å²) in [5.74, 6) is 0.635. The van der Waals surface area contributed by atoms with E-state index >= 15 is 0 Å². The maximum absolute atomic E-state index is 13.0. The number of rotatable bonds is 7. The third-order valence-corrected chi connectivity index (χ3v) is 5.40. The van der Waals surface area contributed by atoms with E-state index < -0.39 is 0 Å². The number of aryl methyl sites for hydroxylation is 1. The number of methoxy groups -OCH3 is 2. The molecular formula is C25H26N4O3. The molecule has 2 heterocycles. The van der Waals surface area contributed by atoms with E-state index in [1.165, 1.54) is 0 Å². The molecule has 0 saturated carbocycles. The second-order valence-corrected chi connectivity index (χ2v) is 7.58. The Morgan fingerprint density at radius 3 is 2.56 bits per heavy atom. The lowest BCUT2D eigenvalue weighted by molar-refractivity contribution is 0.0938. The van der Waals surface area contributed by atoms with E-state index in [1.807, 2.05) is 67.1 Å². The van der Waals surface area contributed by atoms with Crippen LogP contribution < -0.4 is 10.1 Å². The summed E-state index contributed by atoms with van der Waals surface area (Å²) in [5.41, 5.74) is 5.84. The molecule has 7 nitrogen and oxygen atoms in total. The highest BCUT2D eigenvalue weighted by atomic mass is 16.5. The molecule has 0 radical (unpaired) electrons. The molecule has 0 bridgehead atoms. The predicted octanol–water partition coefficient (Wildman–Crippen LogP) is 4.09. The highest BCUT2D eigenvalue weighted by molar-refractivity contribution is 6.07. The summed E-state index contributed by atoms with van der Waals surface area (Å²) in [6.45, 7) is 4.89. The molecule has 0 atom stereocenters. The minimum absolute atomic E-state index is 0.151. The van der Waals surface area contributed by atoms with Gasteiger partial charge in [-0.1, -0.05) is 11.6 Å². The zero-order valence-corrected chi connectivity index (χ0v) is 18.7. The smallest absolute Gasteiger partial charge is 0.252 e. The van der Waals surface area contributed by atoms with Crippen molar-refractivity contribution in [1.82, 2.24) is 20.1 Å². The molecule has 164 valence electrons. The van der Waals surface area contributed by atoms with Crippen LogP contribution in [-0.4, -0.2) is 48.0 Å². The Balaban J connectivity index is 1.78. The molecular weight excluding hydrogens is 404 g/mol. The number of pyridine rings is 1. The van der Waals surface area contributed by atoms with E-state index in [-0.39, 0.29) is 5.91 Å². The van der Waals surface area contributed by atoms with Crippen LogP contribution in [0.4, 0.5) is 0 Å². The highest BCUT2D eigenvalue weighted by Crippen LogP contribution is 2.29. The van der Waals surface area contributed by atoms with E-state index in [2.05, 4.69) is 10.4 Å². The molecule has 0 spiro atoms.